The maximum atomic E-state index is 12.6. The van der Waals surface area contributed by atoms with Gasteiger partial charge in [0.15, 0.2) is 0 Å². The van der Waals surface area contributed by atoms with Crippen molar-refractivity contribution >= 4 is 21.6 Å². The SMILES string of the molecule is CS(=O)(=O)N(CCCC(=O)N1CCN(Cc2ccccc2)CC1)c1ccccc1. The second-order valence-corrected chi connectivity index (χ2v) is 9.32. The minimum Gasteiger partial charge on any atom is -0.340 e. The lowest BCUT2D eigenvalue weighted by Gasteiger charge is -2.35. The summed E-state index contributed by atoms with van der Waals surface area (Å²) in [5.41, 5.74) is 1.92. The summed E-state index contributed by atoms with van der Waals surface area (Å²) in [6, 6.07) is 19.4. The van der Waals surface area contributed by atoms with Gasteiger partial charge in [0.25, 0.3) is 0 Å². The average molecular weight is 416 g/mol. The van der Waals surface area contributed by atoms with Crippen LogP contribution in [-0.2, 0) is 21.4 Å². The molecule has 156 valence electrons. The molecule has 3 rings (SSSR count). The van der Waals surface area contributed by atoms with E-state index in [4.69, 9.17) is 0 Å². The zero-order valence-electron chi connectivity index (χ0n) is 16.9. The Morgan fingerprint density at radius 2 is 1.52 bits per heavy atom. The Bertz CT molecular complexity index is 880. The standard InChI is InChI=1S/C22H29N3O3S/c1-29(27,28)25(21-11-6-3-7-12-21)14-8-13-22(26)24-17-15-23(16-18-24)19-20-9-4-2-5-10-20/h2-7,9-12H,8,13-19H2,1H3. The van der Waals surface area contributed by atoms with Crippen molar-refractivity contribution in [2.75, 3.05) is 43.3 Å². The van der Waals surface area contributed by atoms with Crippen LogP contribution < -0.4 is 4.31 Å². The van der Waals surface area contributed by atoms with Crippen molar-refractivity contribution in [3.63, 3.8) is 0 Å². The first kappa shape index (κ1) is 21.3. The van der Waals surface area contributed by atoms with E-state index in [0.29, 0.717) is 25.1 Å². The zero-order chi connectivity index (χ0) is 20.7. The Morgan fingerprint density at radius 1 is 0.931 bits per heavy atom. The number of anilines is 1. The fourth-order valence-corrected chi connectivity index (χ4v) is 4.58. The number of hydrogen-bond acceptors (Lipinski definition) is 4. The van der Waals surface area contributed by atoms with E-state index in [9.17, 15) is 13.2 Å². The summed E-state index contributed by atoms with van der Waals surface area (Å²) in [6.45, 7) is 4.38. The summed E-state index contributed by atoms with van der Waals surface area (Å²) >= 11 is 0. The predicted molar refractivity (Wildman–Crippen MR) is 116 cm³/mol. The van der Waals surface area contributed by atoms with Crippen LogP contribution in [0.1, 0.15) is 18.4 Å². The van der Waals surface area contributed by atoms with Gasteiger partial charge in [0, 0.05) is 45.7 Å². The topological polar surface area (TPSA) is 60.9 Å². The molecule has 2 aromatic rings. The van der Waals surface area contributed by atoms with Crippen LogP contribution in [0.2, 0.25) is 0 Å². The van der Waals surface area contributed by atoms with Gasteiger partial charge in [0.05, 0.1) is 11.9 Å². The highest BCUT2D eigenvalue weighted by Gasteiger charge is 2.22. The number of sulfonamides is 1. The zero-order valence-corrected chi connectivity index (χ0v) is 17.7. The van der Waals surface area contributed by atoms with Crippen LogP contribution in [0.15, 0.2) is 60.7 Å². The Kier molecular flexibility index (Phi) is 7.28. The molecule has 1 aliphatic heterocycles. The lowest BCUT2D eigenvalue weighted by atomic mass is 10.2. The third-order valence-electron chi connectivity index (χ3n) is 5.17. The van der Waals surface area contributed by atoms with Crippen molar-refractivity contribution in [2.45, 2.75) is 19.4 Å². The monoisotopic (exact) mass is 415 g/mol. The van der Waals surface area contributed by atoms with Crippen LogP contribution in [0.4, 0.5) is 5.69 Å². The van der Waals surface area contributed by atoms with E-state index in [1.54, 1.807) is 12.1 Å². The van der Waals surface area contributed by atoms with Crippen molar-refractivity contribution in [2.24, 2.45) is 0 Å². The van der Waals surface area contributed by atoms with Gasteiger partial charge in [-0.1, -0.05) is 48.5 Å². The van der Waals surface area contributed by atoms with E-state index in [-0.39, 0.29) is 5.91 Å². The second-order valence-electron chi connectivity index (χ2n) is 7.42. The third-order valence-corrected chi connectivity index (χ3v) is 6.36. The summed E-state index contributed by atoms with van der Waals surface area (Å²) in [6.07, 6.45) is 2.07. The van der Waals surface area contributed by atoms with Gasteiger partial charge >= 0.3 is 0 Å². The number of nitrogens with zero attached hydrogens (tertiary/aromatic N) is 3. The summed E-state index contributed by atoms with van der Waals surface area (Å²) in [5, 5.41) is 0. The molecular weight excluding hydrogens is 386 g/mol. The number of amides is 1. The minimum absolute atomic E-state index is 0.103. The van der Waals surface area contributed by atoms with Gasteiger partial charge in [-0.3, -0.25) is 14.0 Å². The first-order valence-electron chi connectivity index (χ1n) is 10.0. The molecule has 0 bridgehead atoms. The first-order chi connectivity index (χ1) is 13.9. The second kappa shape index (κ2) is 9.89. The fourth-order valence-electron chi connectivity index (χ4n) is 3.61. The van der Waals surface area contributed by atoms with Gasteiger partial charge < -0.3 is 4.90 Å². The van der Waals surface area contributed by atoms with Crippen LogP contribution in [0.25, 0.3) is 0 Å². The lowest BCUT2D eigenvalue weighted by molar-refractivity contribution is -0.133. The van der Waals surface area contributed by atoms with Crippen LogP contribution in [0, 0.1) is 0 Å². The highest BCUT2D eigenvalue weighted by Crippen LogP contribution is 2.18. The summed E-state index contributed by atoms with van der Waals surface area (Å²) in [5.74, 6) is 0.103. The molecule has 0 aromatic heterocycles. The Morgan fingerprint density at radius 3 is 2.10 bits per heavy atom. The smallest absolute Gasteiger partial charge is 0.232 e. The lowest BCUT2D eigenvalue weighted by Crippen LogP contribution is -2.48. The normalized spacial score (nSPS) is 15.3. The first-order valence-corrected chi connectivity index (χ1v) is 11.8. The van der Waals surface area contributed by atoms with E-state index in [2.05, 4.69) is 17.0 Å². The number of carbonyl (C=O) groups excluding carboxylic acids is 1. The van der Waals surface area contributed by atoms with Crippen molar-refractivity contribution < 1.29 is 13.2 Å². The number of hydrogen-bond donors (Lipinski definition) is 0. The highest BCUT2D eigenvalue weighted by atomic mass is 32.2. The predicted octanol–water partition coefficient (Wildman–Crippen LogP) is 2.58. The molecular formula is C22H29N3O3S. The highest BCUT2D eigenvalue weighted by molar-refractivity contribution is 7.92. The molecule has 0 radical (unpaired) electrons. The third kappa shape index (κ3) is 6.30. The number of carbonyl (C=O) groups is 1. The van der Waals surface area contributed by atoms with E-state index < -0.39 is 10.0 Å². The molecule has 6 nitrogen and oxygen atoms in total. The quantitative estimate of drug-likeness (QED) is 0.665. The molecule has 1 fully saturated rings. The molecule has 2 aromatic carbocycles. The van der Waals surface area contributed by atoms with Crippen molar-refractivity contribution in [1.29, 1.82) is 0 Å². The molecule has 0 spiro atoms. The van der Waals surface area contributed by atoms with Crippen molar-refractivity contribution in [3.8, 4) is 0 Å². The van der Waals surface area contributed by atoms with E-state index in [0.717, 1.165) is 32.7 Å². The molecule has 1 saturated heterocycles. The van der Waals surface area contributed by atoms with Gasteiger partial charge in [0.1, 0.15) is 0 Å². The van der Waals surface area contributed by atoms with Crippen LogP contribution >= 0.6 is 0 Å². The van der Waals surface area contributed by atoms with Gasteiger partial charge in [-0.25, -0.2) is 8.42 Å². The van der Waals surface area contributed by atoms with Crippen LogP contribution in [0.5, 0.6) is 0 Å². The number of piperazine rings is 1. The average Bonchev–Trinajstić information content (AvgIpc) is 2.72. The molecule has 29 heavy (non-hydrogen) atoms. The number of rotatable bonds is 8. The molecule has 0 atom stereocenters. The Labute approximate surface area is 173 Å². The van der Waals surface area contributed by atoms with E-state index in [1.165, 1.54) is 16.1 Å². The Hall–Kier alpha value is -2.38. The van der Waals surface area contributed by atoms with Crippen LogP contribution in [-0.4, -0.2) is 63.1 Å². The van der Waals surface area contributed by atoms with E-state index in [1.807, 2.05) is 41.3 Å². The minimum atomic E-state index is -3.38. The van der Waals surface area contributed by atoms with Crippen molar-refractivity contribution in [3.05, 3.63) is 66.2 Å². The molecule has 7 heteroatoms. The largest absolute Gasteiger partial charge is 0.340 e. The fraction of sp³-hybridized carbons (Fsp3) is 0.409. The maximum absolute atomic E-state index is 12.6. The molecule has 1 aliphatic rings. The van der Waals surface area contributed by atoms with Gasteiger partial charge in [0.2, 0.25) is 15.9 Å². The van der Waals surface area contributed by atoms with Crippen LogP contribution in [0.3, 0.4) is 0 Å². The molecule has 0 saturated carbocycles. The maximum Gasteiger partial charge on any atom is 0.232 e. The molecule has 0 aliphatic carbocycles. The summed E-state index contributed by atoms with van der Waals surface area (Å²) in [4.78, 5) is 16.8. The Balaban J connectivity index is 1.45. The van der Waals surface area contributed by atoms with Gasteiger partial charge in [-0.05, 0) is 24.1 Å². The van der Waals surface area contributed by atoms with E-state index >= 15 is 0 Å². The number of para-hydroxylation sites is 1. The molecule has 0 unspecified atom stereocenters. The summed E-state index contributed by atoms with van der Waals surface area (Å²) < 4.78 is 25.6. The van der Waals surface area contributed by atoms with Gasteiger partial charge in [-0.2, -0.15) is 0 Å². The van der Waals surface area contributed by atoms with Crippen molar-refractivity contribution in [1.82, 2.24) is 9.80 Å². The number of benzene rings is 2. The molecule has 1 amide bonds. The molecule has 0 N–H and O–H groups in total. The molecule has 1 heterocycles. The summed E-state index contributed by atoms with van der Waals surface area (Å²) in [7, 11) is -3.38. The van der Waals surface area contributed by atoms with Gasteiger partial charge in [-0.15, -0.1) is 0 Å².